The number of nitrogens with two attached hydrogens (primary N) is 1. The minimum atomic E-state index is -4.32. The monoisotopic (exact) mass is 190 g/mol. The first-order valence-corrected chi connectivity index (χ1v) is 3.59. The largest absolute Gasteiger partial charge is 0.416 e. The van der Waals surface area contributed by atoms with Crippen LogP contribution in [0.2, 0.25) is 0 Å². The van der Waals surface area contributed by atoms with E-state index < -0.39 is 11.7 Å². The van der Waals surface area contributed by atoms with Crippen LogP contribution in [0.3, 0.4) is 0 Å². The number of hydrogen-bond acceptors (Lipinski definition) is 2. The molecule has 0 aliphatic heterocycles. The van der Waals surface area contributed by atoms with E-state index in [0.29, 0.717) is 5.56 Å². The highest BCUT2D eigenvalue weighted by Crippen LogP contribution is 2.31. The molecule has 0 atom stereocenters. The Labute approximate surface area is 73.5 Å². The molecule has 1 rings (SSSR count). The second-order valence-electron chi connectivity index (χ2n) is 2.67. The van der Waals surface area contributed by atoms with Gasteiger partial charge in [-0.3, -0.25) is 5.84 Å². The molecular formula is C8H9F3N2. The number of rotatable bonds is 1. The quantitative estimate of drug-likeness (QED) is 0.526. The van der Waals surface area contributed by atoms with Gasteiger partial charge < -0.3 is 5.43 Å². The zero-order valence-corrected chi connectivity index (χ0v) is 6.94. The van der Waals surface area contributed by atoms with Gasteiger partial charge in [0.1, 0.15) is 0 Å². The van der Waals surface area contributed by atoms with Crippen molar-refractivity contribution in [3.63, 3.8) is 0 Å². The van der Waals surface area contributed by atoms with Crippen LogP contribution >= 0.6 is 0 Å². The van der Waals surface area contributed by atoms with Crippen molar-refractivity contribution in [3.05, 3.63) is 29.3 Å². The Morgan fingerprint density at radius 2 is 1.92 bits per heavy atom. The number of aryl methyl sites for hydroxylation is 1. The standard InChI is InChI=1S/C8H9F3N2/c1-5-2-3-6(8(9,10)11)4-7(5)13-12/h2-4,13H,12H2,1H3. The van der Waals surface area contributed by atoms with Gasteiger partial charge in [0.2, 0.25) is 0 Å². The molecule has 0 heterocycles. The molecular weight excluding hydrogens is 181 g/mol. The van der Waals surface area contributed by atoms with Gasteiger partial charge in [0.15, 0.2) is 0 Å². The number of nitrogen functional groups attached to an aromatic ring is 1. The second-order valence-corrected chi connectivity index (χ2v) is 2.67. The van der Waals surface area contributed by atoms with E-state index >= 15 is 0 Å². The van der Waals surface area contributed by atoms with Crippen molar-refractivity contribution in [2.24, 2.45) is 5.84 Å². The van der Waals surface area contributed by atoms with E-state index in [9.17, 15) is 13.2 Å². The Balaban J connectivity index is 3.14. The third kappa shape index (κ3) is 2.12. The maximum Gasteiger partial charge on any atom is 0.416 e. The Morgan fingerprint density at radius 3 is 2.38 bits per heavy atom. The van der Waals surface area contributed by atoms with Gasteiger partial charge in [-0.2, -0.15) is 13.2 Å². The van der Waals surface area contributed by atoms with E-state index in [4.69, 9.17) is 5.84 Å². The fraction of sp³-hybridized carbons (Fsp3) is 0.250. The maximum absolute atomic E-state index is 12.2. The molecule has 1 aromatic rings. The van der Waals surface area contributed by atoms with Crippen LogP contribution in [0.15, 0.2) is 18.2 Å². The number of anilines is 1. The van der Waals surface area contributed by atoms with E-state index in [2.05, 4.69) is 5.43 Å². The average molecular weight is 190 g/mol. The fourth-order valence-electron chi connectivity index (χ4n) is 0.954. The van der Waals surface area contributed by atoms with Crippen molar-refractivity contribution in [3.8, 4) is 0 Å². The summed E-state index contributed by atoms with van der Waals surface area (Å²) < 4.78 is 36.5. The third-order valence-electron chi connectivity index (χ3n) is 1.72. The molecule has 1 aromatic carbocycles. The Morgan fingerprint density at radius 1 is 1.31 bits per heavy atom. The van der Waals surface area contributed by atoms with Crippen molar-refractivity contribution in [1.29, 1.82) is 0 Å². The summed E-state index contributed by atoms with van der Waals surface area (Å²) in [5, 5.41) is 0. The van der Waals surface area contributed by atoms with E-state index in [1.165, 1.54) is 6.07 Å². The maximum atomic E-state index is 12.2. The number of alkyl halides is 3. The first-order valence-electron chi connectivity index (χ1n) is 3.59. The van der Waals surface area contributed by atoms with Gasteiger partial charge in [0, 0.05) is 0 Å². The highest BCUT2D eigenvalue weighted by molar-refractivity contribution is 5.52. The van der Waals surface area contributed by atoms with Crippen molar-refractivity contribution in [2.45, 2.75) is 13.1 Å². The van der Waals surface area contributed by atoms with Crippen LogP contribution in [0.4, 0.5) is 18.9 Å². The fourth-order valence-corrected chi connectivity index (χ4v) is 0.954. The van der Waals surface area contributed by atoms with E-state index in [1.807, 2.05) is 0 Å². The summed E-state index contributed by atoms with van der Waals surface area (Å²) in [5.74, 6) is 5.05. The smallest absolute Gasteiger partial charge is 0.324 e. The zero-order valence-electron chi connectivity index (χ0n) is 6.94. The van der Waals surface area contributed by atoms with Crippen molar-refractivity contribution >= 4 is 5.69 Å². The topological polar surface area (TPSA) is 38.0 Å². The summed E-state index contributed by atoms with van der Waals surface area (Å²) in [4.78, 5) is 0. The molecule has 2 nitrogen and oxygen atoms in total. The number of halogens is 3. The summed E-state index contributed by atoms with van der Waals surface area (Å²) in [6, 6.07) is 3.38. The van der Waals surface area contributed by atoms with Crippen LogP contribution in [0.25, 0.3) is 0 Å². The highest BCUT2D eigenvalue weighted by atomic mass is 19.4. The van der Waals surface area contributed by atoms with Crippen LogP contribution in [-0.4, -0.2) is 0 Å². The predicted molar refractivity (Wildman–Crippen MR) is 44.0 cm³/mol. The number of hydrogen-bond donors (Lipinski definition) is 2. The highest BCUT2D eigenvalue weighted by Gasteiger charge is 2.30. The average Bonchev–Trinajstić information content (AvgIpc) is 2.03. The lowest BCUT2D eigenvalue weighted by Crippen LogP contribution is -2.11. The molecule has 3 N–H and O–H groups in total. The van der Waals surface area contributed by atoms with Crippen LogP contribution in [0.1, 0.15) is 11.1 Å². The van der Waals surface area contributed by atoms with Gasteiger partial charge >= 0.3 is 6.18 Å². The van der Waals surface area contributed by atoms with Crippen molar-refractivity contribution in [2.75, 3.05) is 5.43 Å². The normalized spacial score (nSPS) is 11.5. The van der Waals surface area contributed by atoms with Gasteiger partial charge in [-0.1, -0.05) is 6.07 Å². The van der Waals surface area contributed by atoms with E-state index in [1.54, 1.807) is 6.92 Å². The SMILES string of the molecule is Cc1ccc(C(F)(F)F)cc1NN. The summed E-state index contributed by atoms with van der Waals surface area (Å²) in [6.45, 7) is 1.68. The van der Waals surface area contributed by atoms with Crippen molar-refractivity contribution in [1.82, 2.24) is 0 Å². The molecule has 0 saturated carbocycles. The molecule has 0 aromatic heterocycles. The first-order chi connectivity index (χ1) is 5.95. The minimum Gasteiger partial charge on any atom is -0.324 e. The van der Waals surface area contributed by atoms with E-state index in [-0.39, 0.29) is 5.69 Å². The molecule has 0 amide bonds. The molecule has 0 radical (unpaired) electrons. The number of benzene rings is 1. The summed E-state index contributed by atoms with van der Waals surface area (Å²) in [7, 11) is 0. The molecule has 0 fully saturated rings. The van der Waals surface area contributed by atoms with Crippen LogP contribution in [-0.2, 0) is 6.18 Å². The van der Waals surface area contributed by atoms with Crippen LogP contribution in [0, 0.1) is 6.92 Å². The number of nitrogens with one attached hydrogen (secondary N) is 1. The first kappa shape index (κ1) is 9.85. The molecule has 5 heteroatoms. The number of hydrazine groups is 1. The summed E-state index contributed by atoms with van der Waals surface area (Å²) in [6.07, 6.45) is -4.32. The van der Waals surface area contributed by atoms with Gasteiger partial charge in [0.05, 0.1) is 11.3 Å². The minimum absolute atomic E-state index is 0.287. The van der Waals surface area contributed by atoms with Crippen molar-refractivity contribution < 1.29 is 13.2 Å². The molecule has 0 aliphatic rings. The van der Waals surface area contributed by atoms with E-state index in [0.717, 1.165) is 12.1 Å². The molecule has 72 valence electrons. The van der Waals surface area contributed by atoms with Crippen LogP contribution in [0.5, 0.6) is 0 Å². The van der Waals surface area contributed by atoms with Crippen LogP contribution < -0.4 is 11.3 Å². The van der Waals surface area contributed by atoms with Gasteiger partial charge in [0.25, 0.3) is 0 Å². The Hall–Kier alpha value is -1.23. The molecule has 0 aliphatic carbocycles. The van der Waals surface area contributed by atoms with Gasteiger partial charge in [-0.05, 0) is 24.6 Å². The zero-order chi connectivity index (χ0) is 10.1. The molecule has 0 spiro atoms. The Bertz CT molecular complexity index is 307. The molecule has 0 bridgehead atoms. The molecule has 13 heavy (non-hydrogen) atoms. The summed E-state index contributed by atoms with van der Waals surface area (Å²) >= 11 is 0. The van der Waals surface area contributed by atoms with Gasteiger partial charge in [-0.25, -0.2) is 0 Å². The molecule has 0 unspecified atom stereocenters. The lowest BCUT2D eigenvalue weighted by molar-refractivity contribution is -0.137. The third-order valence-corrected chi connectivity index (χ3v) is 1.72. The lowest BCUT2D eigenvalue weighted by Gasteiger charge is -2.10. The Kier molecular flexibility index (Phi) is 2.47. The lowest BCUT2D eigenvalue weighted by atomic mass is 10.1. The second kappa shape index (κ2) is 3.26. The summed E-state index contributed by atoms with van der Waals surface area (Å²) in [5.41, 5.74) is 2.47. The predicted octanol–water partition coefficient (Wildman–Crippen LogP) is 2.30. The molecule has 0 saturated heterocycles. The van der Waals surface area contributed by atoms with Gasteiger partial charge in [-0.15, -0.1) is 0 Å².